The molecule has 4 heterocycles. The molecule has 0 spiro atoms. The molecule has 1 aliphatic heterocycles. The molecule has 1 aliphatic rings. The Morgan fingerprint density at radius 1 is 0.881 bits per heavy atom. The highest BCUT2D eigenvalue weighted by atomic mass is 16.5. The number of nitrogens with one attached hydrogen (secondary N) is 2. The molecule has 0 radical (unpaired) electrons. The van der Waals surface area contributed by atoms with E-state index in [1.165, 1.54) is 0 Å². The largest absolute Gasteiger partial charge is 0.378 e. The molecule has 11 nitrogen and oxygen atoms in total. The van der Waals surface area contributed by atoms with Crippen molar-refractivity contribution in [2.45, 2.75) is 13.3 Å². The third-order valence-corrected chi connectivity index (χ3v) is 6.93. The fraction of sp³-hybridized carbons (Fsp3) is 0.226. The number of rotatable bonds is 7. The summed E-state index contributed by atoms with van der Waals surface area (Å²) in [5.41, 5.74) is 6.32. The van der Waals surface area contributed by atoms with Gasteiger partial charge in [-0.05, 0) is 55.0 Å². The van der Waals surface area contributed by atoms with Crippen LogP contribution in [-0.2, 0) is 23.0 Å². The number of ketones is 1. The quantitative estimate of drug-likeness (QED) is 0.292. The third-order valence-electron chi connectivity index (χ3n) is 6.93. The summed E-state index contributed by atoms with van der Waals surface area (Å²) in [7, 11) is 1.88. The fourth-order valence-corrected chi connectivity index (χ4v) is 4.85. The van der Waals surface area contributed by atoms with Crippen molar-refractivity contribution in [1.29, 1.82) is 0 Å². The van der Waals surface area contributed by atoms with E-state index >= 15 is 0 Å². The van der Waals surface area contributed by atoms with E-state index in [1.54, 1.807) is 29.9 Å². The molecule has 6 rings (SSSR count). The predicted octanol–water partition coefficient (Wildman–Crippen LogP) is 4.70. The first kappa shape index (κ1) is 27.0. The minimum absolute atomic E-state index is 0.0921. The number of pyridine rings is 1. The second-order valence-electron chi connectivity index (χ2n) is 10.2. The molecule has 42 heavy (non-hydrogen) atoms. The second-order valence-corrected chi connectivity index (χ2v) is 10.2. The molecule has 212 valence electrons. The summed E-state index contributed by atoms with van der Waals surface area (Å²) in [6.45, 7) is 4.24. The Morgan fingerprint density at radius 2 is 1.57 bits per heavy atom. The van der Waals surface area contributed by atoms with E-state index in [1.807, 2.05) is 61.9 Å². The van der Waals surface area contributed by atoms with Crippen molar-refractivity contribution in [2.24, 2.45) is 7.05 Å². The zero-order valence-corrected chi connectivity index (χ0v) is 23.4. The lowest BCUT2D eigenvalue weighted by atomic mass is 10.1. The summed E-state index contributed by atoms with van der Waals surface area (Å²) in [5, 5.41) is 9.95. The molecule has 2 N–H and O–H groups in total. The van der Waals surface area contributed by atoms with Gasteiger partial charge in [-0.25, -0.2) is 14.8 Å². The zero-order valence-electron chi connectivity index (χ0n) is 23.4. The van der Waals surface area contributed by atoms with Crippen molar-refractivity contribution < 1.29 is 14.3 Å². The highest BCUT2D eigenvalue weighted by molar-refractivity contribution is 6.00. The van der Waals surface area contributed by atoms with Gasteiger partial charge in [-0.3, -0.25) is 14.5 Å². The number of Topliss-reactive ketones (excluding diaryl/α,β-unsaturated/α-hetero) is 1. The van der Waals surface area contributed by atoms with E-state index in [4.69, 9.17) is 19.7 Å². The number of hydrogen-bond acceptors (Lipinski definition) is 8. The fourth-order valence-electron chi connectivity index (χ4n) is 4.85. The van der Waals surface area contributed by atoms with Crippen LogP contribution in [0.1, 0.15) is 12.5 Å². The minimum atomic E-state index is -0.368. The standard InChI is InChI=1S/C31H30N8O3/c1-20(40)15-21-3-7-25(8-4-21)34-31(41)35-26-9-5-22(6-10-26)29-36-27-16-23(24-18-33-38(2)19-24)17-32-28(27)30(37-29)39-11-13-42-14-12-39/h3-10,16-19H,11-15H2,1-2H3,(H2,34,35,41). The van der Waals surface area contributed by atoms with Crippen molar-refractivity contribution in [2.75, 3.05) is 41.8 Å². The van der Waals surface area contributed by atoms with Gasteiger partial charge in [0.05, 0.1) is 24.9 Å². The number of carbonyl (C=O) groups excluding carboxylic acids is 2. The molecule has 5 aromatic rings. The van der Waals surface area contributed by atoms with Crippen LogP contribution in [0.25, 0.3) is 33.5 Å². The number of aryl methyl sites for hydroxylation is 1. The summed E-state index contributed by atoms with van der Waals surface area (Å²) in [6.07, 6.45) is 5.95. The number of nitrogens with zero attached hydrogens (tertiary/aromatic N) is 6. The number of morpholine rings is 1. The average molecular weight is 563 g/mol. The van der Waals surface area contributed by atoms with Gasteiger partial charge in [0.1, 0.15) is 11.3 Å². The van der Waals surface area contributed by atoms with Crippen molar-refractivity contribution in [3.8, 4) is 22.5 Å². The molecule has 1 fully saturated rings. The first-order chi connectivity index (χ1) is 20.4. The monoisotopic (exact) mass is 562 g/mol. The van der Waals surface area contributed by atoms with Gasteiger partial charge < -0.3 is 20.3 Å². The molecule has 0 aliphatic carbocycles. The van der Waals surface area contributed by atoms with Crippen LogP contribution in [-0.4, -0.2) is 62.9 Å². The van der Waals surface area contributed by atoms with Gasteiger partial charge >= 0.3 is 6.03 Å². The number of hydrogen-bond donors (Lipinski definition) is 2. The Hall–Kier alpha value is -5.16. The topological polar surface area (TPSA) is 127 Å². The van der Waals surface area contributed by atoms with Crippen LogP contribution in [0, 0.1) is 0 Å². The molecule has 3 aromatic heterocycles. The summed E-state index contributed by atoms with van der Waals surface area (Å²) >= 11 is 0. The molecule has 11 heteroatoms. The minimum Gasteiger partial charge on any atom is -0.378 e. The van der Waals surface area contributed by atoms with Gasteiger partial charge in [-0.2, -0.15) is 5.10 Å². The molecule has 2 aromatic carbocycles. The SMILES string of the molecule is CC(=O)Cc1ccc(NC(=O)Nc2ccc(-c3nc(N4CCOCC4)c4ncc(-c5cnn(C)c5)cc4n3)cc2)cc1. The smallest absolute Gasteiger partial charge is 0.323 e. The van der Waals surface area contributed by atoms with Crippen LogP contribution >= 0.6 is 0 Å². The van der Waals surface area contributed by atoms with E-state index in [0.29, 0.717) is 36.8 Å². The molecule has 0 bridgehead atoms. The van der Waals surface area contributed by atoms with Gasteiger partial charge in [0, 0.05) is 67.0 Å². The molecular formula is C31H30N8O3. The molecular weight excluding hydrogens is 532 g/mol. The number of amides is 2. The maximum atomic E-state index is 12.6. The summed E-state index contributed by atoms with van der Waals surface area (Å²) in [5.74, 6) is 1.43. The highest BCUT2D eigenvalue weighted by Gasteiger charge is 2.20. The average Bonchev–Trinajstić information content (AvgIpc) is 3.44. The van der Waals surface area contributed by atoms with E-state index in [0.717, 1.165) is 52.2 Å². The number of aromatic nitrogens is 5. The van der Waals surface area contributed by atoms with Gasteiger partial charge in [-0.15, -0.1) is 0 Å². The summed E-state index contributed by atoms with van der Waals surface area (Å²) in [4.78, 5) is 40.7. The van der Waals surface area contributed by atoms with Crippen LogP contribution in [0.3, 0.4) is 0 Å². The van der Waals surface area contributed by atoms with Gasteiger partial charge in [0.25, 0.3) is 0 Å². The van der Waals surface area contributed by atoms with Crippen molar-refractivity contribution in [1.82, 2.24) is 24.7 Å². The van der Waals surface area contributed by atoms with E-state index < -0.39 is 0 Å². The molecule has 0 atom stereocenters. The molecule has 2 amide bonds. The predicted molar refractivity (Wildman–Crippen MR) is 161 cm³/mol. The van der Waals surface area contributed by atoms with Crippen molar-refractivity contribution in [3.05, 3.63) is 78.8 Å². The molecule has 0 saturated carbocycles. The summed E-state index contributed by atoms with van der Waals surface area (Å²) in [6, 6.07) is 16.3. The third kappa shape index (κ3) is 6.11. The number of fused-ring (bicyclic) bond motifs is 1. The van der Waals surface area contributed by atoms with Gasteiger partial charge in [0.15, 0.2) is 11.6 Å². The maximum Gasteiger partial charge on any atom is 0.323 e. The normalized spacial score (nSPS) is 13.2. The van der Waals surface area contributed by atoms with Crippen LogP contribution < -0.4 is 15.5 Å². The van der Waals surface area contributed by atoms with E-state index in [9.17, 15) is 9.59 Å². The Balaban J connectivity index is 1.24. The van der Waals surface area contributed by atoms with Gasteiger partial charge in [0.2, 0.25) is 0 Å². The van der Waals surface area contributed by atoms with Crippen LogP contribution in [0.15, 0.2) is 73.2 Å². The number of benzene rings is 2. The number of ether oxygens (including phenoxy) is 1. The van der Waals surface area contributed by atoms with Crippen LogP contribution in [0.5, 0.6) is 0 Å². The first-order valence-corrected chi connectivity index (χ1v) is 13.7. The van der Waals surface area contributed by atoms with Gasteiger partial charge in [-0.1, -0.05) is 12.1 Å². The summed E-state index contributed by atoms with van der Waals surface area (Å²) < 4.78 is 7.32. The molecule has 0 unspecified atom stereocenters. The second kappa shape index (κ2) is 11.8. The Kier molecular flexibility index (Phi) is 7.56. The number of urea groups is 1. The lowest BCUT2D eigenvalue weighted by molar-refractivity contribution is -0.116. The number of carbonyl (C=O) groups is 2. The number of anilines is 3. The Morgan fingerprint density at radius 3 is 2.21 bits per heavy atom. The Labute approximate surface area is 242 Å². The van der Waals surface area contributed by atoms with Crippen molar-refractivity contribution in [3.63, 3.8) is 0 Å². The first-order valence-electron chi connectivity index (χ1n) is 13.7. The van der Waals surface area contributed by atoms with Crippen LogP contribution in [0.2, 0.25) is 0 Å². The maximum absolute atomic E-state index is 12.6. The van der Waals surface area contributed by atoms with Crippen molar-refractivity contribution >= 4 is 40.0 Å². The Bertz CT molecular complexity index is 1740. The van der Waals surface area contributed by atoms with E-state index in [-0.39, 0.29) is 11.8 Å². The molecule has 1 saturated heterocycles. The zero-order chi connectivity index (χ0) is 29.1. The lowest BCUT2D eigenvalue weighted by Crippen LogP contribution is -2.37. The van der Waals surface area contributed by atoms with Crippen LogP contribution in [0.4, 0.5) is 22.0 Å². The highest BCUT2D eigenvalue weighted by Crippen LogP contribution is 2.30. The lowest BCUT2D eigenvalue weighted by Gasteiger charge is -2.28. The van der Waals surface area contributed by atoms with E-state index in [2.05, 4.69) is 20.6 Å².